The van der Waals surface area contributed by atoms with E-state index >= 15 is 0 Å². The van der Waals surface area contributed by atoms with Gasteiger partial charge in [0.25, 0.3) is 0 Å². The summed E-state index contributed by atoms with van der Waals surface area (Å²) in [5, 5.41) is 0. The van der Waals surface area contributed by atoms with Crippen LogP contribution in [0.25, 0.3) is 0 Å². The molecule has 0 saturated carbocycles. The minimum absolute atomic E-state index is 0.332. The van der Waals surface area contributed by atoms with Gasteiger partial charge in [0, 0.05) is 6.07 Å². The Kier molecular flexibility index (Phi) is 6.95. The van der Waals surface area contributed by atoms with Gasteiger partial charge in [0.2, 0.25) is 0 Å². The molecule has 2 aromatic rings. The standard InChI is InChI=1S/C15H16NO3.C2H6/c1-16-10-4-3-5-14(16)19-11-12-6-8-13(9-7-12)15(17)18-2;1-2/h3-10H,11H2,1-2H3;1-2H3/q+1;. The lowest BCUT2D eigenvalue weighted by atomic mass is 10.1. The number of aromatic nitrogens is 1. The quantitative estimate of drug-likeness (QED) is 0.641. The van der Waals surface area contributed by atoms with E-state index in [1.165, 1.54) is 7.11 Å². The van der Waals surface area contributed by atoms with Crippen LogP contribution in [0.3, 0.4) is 0 Å². The van der Waals surface area contributed by atoms with E-state index in [9.17, 15) is 4.79 Å². The van der Waals surface area contributed by atoms with E-state index in [1.807, 2.05) is 62.0 Å². The molecule has 0 saturated heterocycles. The van der Waals surface area contributed by atoms with Crippen LogP contribution in [0.4, 0.5) is 0 Å². The molecule has 0 spiro atoms. The summed E-state index contributed by atoms with van der Waals surface area (Å²) in [6, 6.07) is 13.0. The lowest BCUT2D eigenvalue weighted by Crippen LogP contribution is -2.29. The van der Waals surface area contributed by atoms with Crippen molar-refractivity contribution in [2.45, 2.75) is 20.5 Å². The van der Waals surface area contributed by atoms with Gasteiger partial charge in [0.1, 0.15) is 13.7 Å². The highest BCUT2D eigenvalue weighted by atomic mass is 16.5. The lowest BCUT2D eigenvalue weighted by molar-refractivity contribution is -0.677. The Balaban J connectivity index is 0.00000106. The van der Waals surface area contributed by atoms with Crippen LogP contribution in [-0.4, -0.2) is 13.1 Å². The van der Waals surface area contributed by atoms with E-state index < -0.39 is 0 Å². The number of aryl methyl sites for hydroxylation is 1. The molecular formula is C17H22NO3+. The summed E-state index contributed by atoms with van der Waals surface area (Å²) in [5.41, 5.74) is 1.54. The zero-order chi connectivity index (χ0) is 15.7. The minimum atomic E-state index is -0.332. The maximum Gasteiger partial charge on any atom is 0.367 e. The molecule has 1 aromatic carbocycles. The number of hydrogen-bond acceptors (Lipinski definition) is 3. The molecule has 0 unspecified atom stereocenters. The van der Waals surface area contributed by atoms with Gasteiger partial charge in [-0.2, -0.15) is 4.57 Å². The highest BCUT2D eigenvalue weighted by Gasteiger charge is 2.07. The van der Waals surface area contributed by atoms with Crippen molar-refractivity contribution >= 4 is 5.97 Å². The van der Waals surface area contributed by atoms with Crippen LogP contribution >= 0.6 is 0 Å². The Morgan fingerprint density at radius 1 is 1.10 bits per heavy atom. The van der Waals surface area contributed by atoms with Crippen LogP contribution in [0.1, 0.15) is 29.8 Å². The van der Waals surface area contributed by atoms with E-state index in [0.29, 0.717) is 12.2 Å². The monoisotopic (exact) mass is 288 g/mol. The van der Waals surface area contributed by atoms with Gasteiger partial charge in [0.05, 0.1) is 18.7 Å². The van der Waals surface area contributed by atoms with Gasteiger partial charge in [-0.15, -0.1) is 0 Å². The van der Waals surface area contributed by atoms with E-state index in [4.69, 9.17) is 4.74 Å². The normalized spacial score (nSPS) is 9.33. The summed E-state index contributed by atoms with van der Waals surface area (Å²) < 4.78 is 12.2. The van der Waals surface area contributed by atoms with Crippen molar-refractivity contribution in [3.63, 3.8) is 0 Å². The minimum Gasteiger partial charge on any atom is -0.465 e. The maximum absolute atomic E-state index is 11.3. The van der Waals surface area contributed by atoms with Crippen molar-refractivity contribution in [3.8, 4) is 5.88 Å². The van der Waals surface area contributed by atoms with Crippen molar-refractivity contribution in [1.82, 2.24) is 0 Å². The van der Waals surface area contributed by atoms with Crippen molar-refractivity contribution in [2.75, 3.05) is 7.11 Å². The van der Waals surface area contributed by atoms with E-state index in [1.54, 1.807) is 12.1 Å². The third kappa shape index (κ3) is 4.91. The van der Waals surface area contributed by atoms with Crippen molar-refractivity contribution < 1.29 is 18.8 Å². The average molecular weight is 288 g/mol. The average Bonchev–Trinajstić information content (AvgIpc) is 2.56. The molecule has 0 bridgehead atoms. The Labute approximate surface area is 126 Å². The summed E-state index contributed by atoms with van der Waals surface area (Å²) in [4.78, 5) is 11.3. The first-order chi connectivity index (χ1) is 10.2. The third-order valence-corrected chi connectivity index (χ3v) is 2.77. The van der Waals surface area contributed by atoms with E-state index in [2.05, 4.69) is 4.74 Å². The summed E-state index contributed by atoms with van der Waals surface area (Å²) in [6.07, 6.45) is 1.93. The van der Waals surface area contributed by atoms with Crippen LogP contribution in [0.15, 0.2) is 48.7 Å². The summed E-state index contributed by atoms with van der Waals surface area (Å²) in [6.45, 7) is 4.46. The van der Waals surface area contributed by atoms with Gasteiger partial charge in [-0.25, -0.2) is 4.79 Å². The van der Waals surface area contributed by atoms with Crippen LogP contribution in [-0.2, 0) is 18.4 Å². The SMILES string of the molecule is CC.COC(=O)c1ccc(COc2cccc[n+]2C)cc1. The van der Waals surface area contributed by atoms with Crippen molar-refractivity contribution in [1.29, 1.82) is 0 Å². The molecule has 21 heavy (non-hydrogen) atoms. The second kappa shape index (κ2) is 8.74. The highest BCUT2D eigenvalue weighted by Crippen LogP contribution is 2.09. The lowest BCUT2D eigenvalue weighted by Gasteiger charge is -2.05. The van der Waals surface area contributed by atoms with Crippen LogP contribution in [0.2, 0.25) is 0 Å². The summed E-state index contributed by atoms with van der Waals surface area (Å²) in [5.74, 6) is 0.460. The molecule has 0 radical (unpaired) electrons. The number of esters is 1. The Bertz CT molecular complexity index is 565. The van der Waals surface area contributed by atoms with Gasteiger partial charge in [0.15, 0.2) is 6.20 Å². The zero-order valence-corrected chi connectivity index (χ0v) is 13.0. The Morgan fingerprint density at radius 2 is 1.76 bits per heavy atom. The zero-order valence-electron chi connectivity index (χ0n) is 13.0. The van der Waals surface area contributed by atoms with Gasteiger partial charge in [-0.3, -0.25) is 0 Å². The van der Waals surface area contributed by atoms with Crippen LogP contribution in [0.5, 0.6) is 5.88 Å². The van der Waals surface area contributed by atoms with Gasteiger partial charge in [-0.1, -0.05) is 26.0 Å². The number of methoxy groups -OCH3 is 1. The predicted molar refractivity (Wildman–Crippen MR) is 81.1 cm³/mol. The molecule has 2 rings (SSSR count). The van der Waals surface area contributed by atoms with Gasteiger partial charge >= 0.3 is 11.8 Å². The van der Waals surface area contributed by atoms with Crippen LogP contribution < -0.4 is 9.30 Å². The van der Waals surface area contributed by atoms with Crippen LogP contribution in [0, 0.1) is 0 Å². The summed E-state index contributed by atoms with van der Waals surface area (Å²) >= 11 is 0. The molecule has 4 heteroatoms. The highest BCUT2D eigenvalue weighted by molar-refractivity contribution is 5.89. The number of nitrogens with zero attached hydrogens (tertiary/aromatic N) is 1. The summed E-state index contributed by atoms with van der Waals surface area (Å²) in [7, 11) is 3.30. The number of carbonyl (C=O) groups excluding carboxylic acids is 1. The fourth-order valence-electron chi connectivity index (χ4n) is 1.67. The maximum atomic E-state index is 11.3. The van der Waals surface area contributed by atoms with E-state index in [0.717, 1.165) is 11.4 Å². The molecule has 0 atom stereocenters. The second-order valence-electron chi connectivity index (χ2n) is 4.13. The van der Waals surface area contributed by atoms with E-state index in [-0.39, 0.29) is 5.97 Å². The molecule has 112 valence electrons. The van der Waals surface area contributed by atoms with Gasteiger partial charge < -0.3 is 9.47 Å². The Hall–Kier alpha value is -2.36. The molecule has 0 fully saturated rings. The molecule has 1 aromatic heterocycles. The van der Waals surface area contributed by atoms with Gasteiger partial charge in [-0.05, 0) is 23.8 Å². The fraction of sp³-hybridized carbons (Fsp3) is 0.294. The first-order valence-corrected chi connectivity index (χ1v) is 6.95. The number of benzene rings is 1. The topological polar surface area (TPSA) is 39.4 Å². The number of rotatable bonds is 4. The number of hydrogen-bond donors (Lipinski definition) is 0. The first-order valence-electron chi connectivity index (χ1n) is 6.95. The molecule has 0 amide bonds. The molecule has 0 aliphatic heterocycles. The fourth-order valence-corrected chi connectivity index (χ4v) is 1.67. The van der Waals surface area contributed by atoms with Crippen molar-refractivity contribution in [2.24, 2.45) is 7.05 Å². The molecule has 0 aliphatic rings. The van der Waals surface area contributed by atoms with Crippen molar-refractivity contribution in [3.05, 3.63) is 59.8 Å². The molecule has 4 nitrogen and oxygen atoms in total. The first kappa shape index (κ1) is 16.7. The second-order valence-corrected chi connectivity index (χ2v) is 4.13. The largest absolute Gasteiger partial charge is 0.465 e. The third-order valence-electron chi connectivity index (χ3n) is 2.77. The molecule has 0 N–H and O–H groups in total. The molecule has 1 heterocycles. The molecule has 0 aliphatic carbocycles. The number of carbonyl (C=O) groups is 1. The number of ether oxygens (including phenoxy) is 2. The predicted octanol–water partition coefficient (Wildman–Crippen LogP) is 2.90. The smallest absolute Gasteiger partial charge is 0.367 e. The number of pyridine rings is 1. The molecular weight excluding hydrogens is 266 g/mol. The Morgan fingerprint density at radius 3 is 2.33 bits per heavy atom.